The Morgan fingerprint density at radius 2 is 1.90 bits per heavy atom. The van der Waals surface area contributed by atoms with Gasteiger partial charge in [0.1, 0.15) is 12.8 Å². The Balaban J connectivity index is 1.24. The van der Waals surface area contributed by atoms with E-state index in [2.05, 4.69) is 33.1 Å². The lowest BCUT2D eigenvalue weighted by Crippen LogP contribution is -2.43. The van der Waals surface area contributed by atoms with Crippen molar-refractivity contribution in [2.45, 2.75) is 109 Å². The minimum absolute atomic E-state index is 0.000838. The summed E-state index contributed by atoms with van der Waals surface area (Å²) in [4.78, 5) is 38.7. The Bertz CT molecular complexity index is 1230. The zero-order valence-electron chi connectivity index (χ0n) is 22.7. The first kappa shape index (κ1) is 27.9. The van der Waals surface area contributed by atoms with Crippen molar-refractivity contribution in [2.24, 2.45) is 11.3 Å². The Labute approximate surface area is 234 Å². The van der Waals surface area contributed by atoms with E-state index in [9.17, 15) is 9.59 Å². The van der Waals surface area contributed by atoms with Crippen molar-refractivity contribution in [2.75, 3.05) is 11.9 Å². The summed E-state index contributed by atoms with van der Waals surface area (Å²) in [6.07, 6.45) is 19.9. The fourth-order valence-corrected chi connectivity index (χ4v) is 6.51. The molecule has 0 radical (unpaired) electrons. The standard InChI is InChI=1S/C29H38ClN5O4/c1-3-5-6-7-8-9-21(36)32-24-23-25(34-27(30)33-24)35(19-31-23)22-13-17-29(4-2,39-22)18-38-26(37)28-14-10-20(11-15-28)12-16-28/h2,19-20,22H,3,5-18H2,1H3,(H,32,33,34,36)/t20?,22-,28?,29+/m1/s1. The normalized spacial score (nSPS) is 27.9. The summed E-state index contributed by atoms with van der Waals surface area (Å²) in [5, 5.41) is 2.84. The molecule has 1 N–H and O–H groups in total. The van der Waals surface area contributed by atoms with Gasteiger partial charge in [0.05, 0.1) is 11.7 Å². The van der Waals surface area contributed by atoms with Gasteiger partial charge in [-0.1, -0.05) is 38.5 Å². The fraction of sp³-hybridized carbons (Fsp3) is 0.690. The summed E-state index contributed by atoms with van der Waals surface area (Å²) in [6.45, 7) is 2.18. The van der Waals surface area contributed by atoms with E-state index in [1.165, 1.54) is 6.42 Å². The molecule has 6 rings (SSSR count). The highest BCUT2D eigenvalue weighted by molar-refractivity contribution is 6.28. The van der Waals surface area contributed by atoms with Gasteiger partial charge in [0.15, 0.2) is 22.6 Å². The molecule has 10 heteroatoms. The predicted octanol–water partition coefficient (Wildman–Crippen LogP) is 5.97. The zero-order valence-corrected chi connectivity index (χ0v) is 23.5. The molecule has 3 saturated carbocycles. The highest BCUT2D eigenvalue weighted by atomic mass is 35.5. The number of hydrogen-bond acceptors (Lipinski definition) is 7. The molecular weight excluding hydrogens is 518 g/mol. The van der Waals surface area contributed by atoms with E-state index >= 15 is 0 Å². The third-order valence-corrected chi connectivity index (χ3v) is 9.02. The van der Waals surface area contributed by atoms with Crippen LogP contribution in [0.15, 0.2) is 6.33 Å². The van der Waals surface area contributed by atoms with Crippen LogP contribution in [-0.2, 0) is 19.1 Å². The SMILES string of the molecule is C#C[C@@]1(COC(=O)C23CCC(CC2)CC3)CC[C@H](n2cnc3c(NC(=O)CCCCCCC)nc(Cl)nc32)O1. The number of amides is 1. The predicted molar refractivity (Wildman–Crippen MR) is 148 cm³/mol. The maximum atomic E-state index is 13.1. The second kappa shape index (κ2) is 11.8. The van der Waals surface area contributed by atoms with E-state index < -0.39 is 11.8 Å². The van der Waals surface area contributed by atoms with Gasteiger partial charge in [-0.15, -0.1) is 6.42 Å². The van der Waals surface area contributed by atoms with Crippen LogP contribution in [-0.4, -0.2) is 43.6 Å². The van der Waals surface area contributed by atoms with Gasteiger partial charge in [-0.2, -0.15) is 9.97 Å². The number of aromatic nitrogens is 4. The summed E-state index contributed by atoms with van der Waals surface area (Å²) < 4.78 is 13.9. The number of carbonyl (C=O) groups is 2. The molecule has 2 aromatic rings. The van der Waals surface area contributed by atoms with Gasteiger partial charge in [0, 0.05) is 6.42 Å². The first-order valence-corrected chi connectivity index (χ1v) is 14.8. The number of fused-ring (bicyclic) bond motifs is 4. The Morgan fingerprint density at radius 3 is 2.62 bits per heavy atom. The minimum atomic E-state index is -1.02. The topological polar surface area (TPSA) is 108 Å². The first-order chi connectivity index (χ1) is 18.9. The lowest BCUT2D eigenvalue weighted by Gasteiger charge is -2.44. The van der Waals surface area contributed by atoms with Crippen molar-refractivity contribution >= 4 is 40.5 Å². The number of nitrogens with one attached hydrogen (secondary N) is 1. The van der Waals surface area contributed by atoms with Crippen molar-refractivity contribution in [3.8, 4) is 12.3 Å². The van der Waals surface area contributed by atoms with E-state index in [1.807, 2.05) is 0 Å². The second-order valence-electron chi connectivity index (χ2n) is 11.5. The molecule has 1 amide bonds. The number of halogens is 1. The molecule has 2 atom stereocenters. The number of terminal acetylenes is 1. The van der Waals surface area contributed by atoms with Crippen molar-refractivity contribution in [1.82, 2.24) is 19.5 Å². The molecule has 9 nitrogen and oxygen atoms in total. The van der Waals surface area contributed by atoms with E-state index in [-0.39, 0.29) is 35.0 Å². The van der Waals surface area contributed by atoms with E-state index in [4.69, 9.17) is 27.5 Å². The second-order valence-corrected chi connectivity index (χ2v) is 11.8. The maximum Gasteiger partial charge on any atom is 0.312 e. The van der Waals surface area contributed by atoms with Gasteiger partial charge < -0.3 is 14.8 Å². The molecule has 4 fully saturated rings. The van der Waals surface area contributed by atoms with Gasteiger partial charge >= 0.3 is 5.97 Å². The highest BCUT2D eigenvalue weighted by Gasteiger charge is 2.48. The number of anilines is 1. The number of esters is 1. The number of rotatable bonds is 11. The van der Waals surface area contributed by atoms with Crippen molar-refractivity contribution in [3.05, 3.63) is 11.6 Å². The molecule has 0 unspecified atom stereocenters. The molecule has 1 saturated heterocycles. The lowest BCUT2D eigenvalue weighted by atomic mass is 9.61. The van der Waals surface area contributed by atoms with Crippen LogP contribution in [0.3, 0.4) is 0 Å². The quantitative estimate of drug-likeness (QED) is 0.157. The van der Waals surface area contributed by atoms with Crippen LogP contribution in [0.4, 0.5) is 5.82 Å². The van der Waals surface area contributed by atoms with Crippen LogP contribution >= 0.6 is 11.6 Å². The van der Waals surface area contributed by atoms with Gasteiger partial charge in [0.2, 0.25) is 11.2 Å². The van der Waals surface area contributed by atoms with Gasteiger partial charge in [-0.3, -0.25) is 14.2 Å². The van der Waals surface area contributed by atoms with Crippen molar-refractivity contribution in [3.63, 3.8) is 0 Å². The summed E-state index contributed by atoms with van der Waals surface area (Å²) in [6, 6.07) is 0. The number of ether oxygens (including phenoxy) is 2. The molecule has 3 heterocycles. The third kappa shape index (κ3) is 5.92. The van der Waals surface area contributed by atoms with Crippen LogP contribution in [0, 0.1) is 23.7 Å². The van der Waals surface area contributed by atoms with Crippen LogP contribution in [0.25, 0.3) is 11.2 Å². The fourth-order valence-electron chi connectivity index (χ4n) is 6.35. The first-order valence-electron chi connectivity index (χ1n) is 14.4. The molecule has 1 aliphatic heterocycles. The maximum absolute atomic E-state index is 13.1. The summed E-state index contributed by atoms with van der Waals surface area (Å²) >= 11 is 6.23. The van der Waals surface area contributed by atoms with Gasteiger partial charge in [-0.05, 0) is 75.3 Å². The largest absolute Gasteiger partial charge is 0.461 e. The smallest absolute Gasteiger partial charge is 0.312 e. The molecular formula is C29H38ClN5O4. The zero-order chi connectivity index (χ0) is 27.5. The molecule has 0 spiro atoms. The number of imidazole rings is 1. The van der Waals surface area contributed by atoms with Crippen LogP contribution in [0.1, 0.15) is 103 Å². The van der Waals surface area contributed by atoms with Gasteiger partial charge in [-0.25, -0.2) is 4.98 Å². The molecule has 4 aliphatic rings. The number of unbranched alkanes of at least 4 members (excludes halogenated alkanes) is 4. The number of hydrogen-bond donors (Lipinski definition) is 1. The number of nitrogens with zero attached hydrogens (tertiary/aromatic N) is 4. The Morgan fingerprint density at radius 1 is 1.15 bits per heavy atom. The van der Waals surface area contributed by atoms with Crippen LogP contribution < -0.4 is 5.32 Å². The minimum Gasteiger partial charge on any atom is -0.461 e. The lowest BCUT2D eigenvalue weighted by molar-refractivity contribution is -0.170. The average molecular weight is 556 g/mol. The number of carbonyl (C=O) groups excluding carboxylic acids is 2. The monoisotopic (exact) mass is 555 g/mol. The van der Waals surface area contributed by atoms with Crippen LogP contribution in [0.2, 0.25) is 5.28 Å². The van der Waals surface area contributed by atoms with Crippen molar-refractivity contribution < 1.29 is 19.1 Å². The van der Waals surface area contributed by atoms with E-state index in [1.54, 1.807) is 10.9 Å². The molecule has 2 bridgehead atoms. The summed E-state index contributed by atoms with van der Waals surface area (Å²) in [5.41, 5.74) is -0.502. The molecule has 0 aromatic carbocycles. The van der Waals surface area contributed by atoms with Gasteiger partial charge in [0.25, 0.3) is 0 Å². The van der Waals surface area contributed by atoms with Crippen LogP contribution in [0.5, 0.6) is 0 Å². The molecule has 2 aromatic heterocycles. The Hall–Kier alpha value is -2.70. The highest BCUT2D eigenvalue weighted by Crippen LogP contribution is 2.51. The van der Waals surface area contributed by atoms with Crippen molar-refractivity contribution in [1.29, 1.82) is 0 Å². The summed E-state index contributed by atoms with van der Waals surface area (Å²) in [5.74, 6) is 3.52. The van der Waals surface area contributed by atoms with E-state index in [0.29, 0.717) is 30.4 Å². The Kier molecular flexibility index (Phi) is 8.43. The summed E-state index contributed by atoms with van der Waals surface area (Å²) in [7, 11) is 0. The molecule has 210 valence electrons. The molecule has 39 heavy (non-hydrogen) atoms. The van der Waals surface area contributed by atoms with E-state index in [0.717, 1.165) is 70.1 Å². The molecule has 3 aliphatic carbocycles. The average Bonchev–Trinajstić information content (AvgIpc) is 3.57. The third-order valence-electron chi connectivity index (χ3n) is 8.85.